The van der Waals surface area contributed by atoms with Crippen molar-refractivity contribution in [3.05, 3.63) is 48.3 Å². The van der Waals surface area contributed by atoms with Gasteiger partial charge in [-0.15, -0.1) is 34.0 Å². The molecule has 0 aliphatic heterocycles. The molecule has 1 amide bonds. The minimum atomic E-state index is -0.154. The van der Waals surface area contributed by atoms with Crippen molar-refractivity contribution in [2.45, 2.75) is 52.5 Å². The first-order valence-corrected chi connectivity index (χ1v) is 12.8. The SMILES string of the molecule is Cc1cc(-c2csc(NC(=O)CCn3cnc4sc5c(c4c3=O)CCCC5)n2)c(C)s1. The Labute approximate surface area is 191 Å². The van der Waals surface area contributed by atoms with Gasteiger partial charge in [-0.1, -0.05) is 0 Å². The van der Waals surface area contributed by atoms with E-state index in [1.54, 1.807) is 33.6 Å². The van der Waals surface area contributed by atoms with Gasteiger partial charge in [-0.05, 0) is 51.2 Å². The van der Waals surface area contributed by atoms with Crippen molar-refractivity contribution in [2.75, 3.05) is 5.32 Å². The number of aromatic nitrogens is 3. The third-order valence-corrected chi connectivity index (χ3v) is 8.51. The van der Waals surface area contributed by atoms with Crippen molar-refractivity contribution in [3.63, 3.8) is 0 Å². The second-order valence-electron chi connectivity index (χ2n) is 7.80. The average Bonchev–Trinajstić information content (AvgIpc) is 3.44. The first-order chi connectivity index (χ1) is 15.0. The number of amides is 1. The standard InChI is InChI=1S/C22H22N4O2S3/c1-12-9-15(13(2)30-12)16-10-29-22(24-16)25-18(27)7-8-26-11-23-20-19(21(26)28)14-5-3-4-6-17(14)31-20/h9-11H,3-8H2,1-2H3,(H,24,25,27). The molecule has 0 unspecified atom stereocenters. The molecule has 0 bridgehead atoms. The van der Waals surface area contributed by atoms with Crippen molar-refractivity contribution < 1.29 is 4.79 Å². The third kappa shape index (κ3) is 3.97. The van der Waals surface area contributed by atoms with E-state index in [4.69, 9.17) is 0 Å². The minimum absolute atomic E-state index is 0.0305. The number of hydrogen-bond donors (Lipinski definition) is 1. The molecule has 1 aliphatic rings. The van der Waals surface area contributed by atoms with Crippen LogP contribution in [0.25, 0.3) is 21.5 Å². The van der Waals surface area contributed by atoms with Crippen LogP contribution in [0.3, 0.4) is 0 Å². The number of nitrogens with one attached hydrogen (secondary N) is 1. The van der Waals surface area contributed by atoms with Crippen LogP contribution in [0.15, 0.2) is 22.6 Å². The number of nitrogens with zero attached hydrogens (tertiary/aromatic N) is 3. The maximum absolute atomic E-state index is 13.0. The van der Waals surface area contributed by atoms with E-state index in [0.717, 1.165) is 40.7 Å². The molecule has 0 saturated carbocycles. The highest BCUT2D eigenvalue weighted by atomic mass is 32.1. The molecule has 5 rings (SSSR count). The Hall–Kier alpha value is -2.36. The van der Waals surface area contributed by atoms with Gasteiger partial charge < -0.3 is 5.32 Å². The minimum Gasteiger partial charge on any atom is -0.302 e. The molecule has 9 heteroatoms. The number of anilines is 1. The molecule has 160 valence electrons. The number of rotatable bonds is 5. The summed E-state index contributed by atoms with van der Waals surface area (Å²) in [4.78, 5) is 39.2. The molecule has 0 saturated heterocycles. The lowest BCUT2D eigenvalue weighted by Gasteiger charge is -2.10. The van der Waals surface area contributed by atoms with Gasteiger partial charge in [0.05, 0.1) is 17.4 Å². The van der Waals surface area contributed by atoms with Crippen molar-refractivity contribution in [1.82, 2.24) is 14.5 Å². The van der Waals surface area contributed by atoms with Crippen LogP contribution < -0.4 is 10.9 Å². The van der Waals surface area contributed by atoms with E-state index >= 15 is 0 Å². The van der Waals surface area contributed by atoms with Crippen LogP contribution in [-0.4, -0.2) is 20.4 Å². The number of carbonyl (C=O) groups is 1. The molecule has 4 aromatic heterocycles. The van der Waals surface area contributed by atoms with Gasteiger partial charge in [0.2, 0.25) is 5.91 Å². The zero-order valence-corrected chi connectivity index (χ0v) is 19.8. The van der Waals surface area contributed by atoms with Crippen LogP contribution in [0.4, 0.5) is 5.13 Å². The summed E-state index contributed by atoms with van der Waals surface area (Å²) in [6.45, 7) is 4.47. The Bertz CT molecular complexity index is 1340. The average molecular weight is 471 g/mol. The van der Waals surface area contributed by atoms with E-state index in [-0.39, 0.29) is 17.9 Å². The lowest BCUT2D eigenvalue weighted by Crippen LogP contribution is -2.24. The molecule has 1 aliphatic carbocycles. The molecular formula is C22H22N4O2S3. The monoisotopic (exact) mass is 470 g/mol. The van der Waals surface area contributed by atoms with E-state index in [1.165, 1.54) is 38.0 Å². The molecule has 0 spiro atoms. The summed E-state index contributed by atoms with van der Waals surface area (Å²) < 4.78 is 1.56. The highest BCUT2D eigenvalue weighted by Crippen LogP contribution is 2.34. The topological polar surface area (TPSA) is 76.9 Å². The maximum Gasteiger partial charge on any atom is 0.262 e. The van der Waals surface area contributed by atoms with E-state index in [9.17, 15) is 9.59 Å². The van der Waals surface area contributed by atoms with Gasteiger partial charge in [-0.3, -0.25) is 14.2 Å². The first kappa shape index (κ1) is 20.5. The van der Waals surface area contributed by atoms with Gasteiger partial charge in [0.15, 0.2) is 5.13 Å². The van der Waals surface area contributed by atoms with Crippen LogP contribution in [0.2, 0.25) is 0 Å². The summed E-state index contributed by atoms with van der Waals surface area (Å²) in [5, 5.41) is 6.17. The second kappa shape index (κ2) is 8.29. The lowest BCUT2D eigenvalue weighted by atomic mass is 9.97. The number of fused-ring (bicyclic) bond motifs is 3. The van der Waals surface area contributed by atoms with Crippen LogP contribution in [0.5, 0.6) is 0 Å². The molecular weight excluding hydrogens is 448 g/mol. The molecule has 4 heterocycles. The Kier molecular flexibility index (Phi) is 5.49. The van der Waals surface area contributed by atoms with Gasteiger partial charge in [-0.25, -0.2) is 9.97 Å². The normalized spacial score (nSPS) is 13.5. The van der Waals surface area contributed by atoms with Gasteiger partial charge in [0.25, 0.3) is 5.56 Å². The van der Waals surface area contributed by atoms with Gasteiger partial charge >= 0.3 is 0 Å². The fourth-order valence-electron chi connectivity index (χ4n) is 4.08. The Balaban J connectivity index is 1.28. The number of thiophene rings is 2. The molecule has 4 aromatic rings. The highest BCUT2D eigenvalue weighted by molar-refractivity contribution is 7.18. The Morgan fingerprint density at radius 3 is 2.87 bits per heavy atom. The predicted molar refractivity (Wildman–Crippen MR) is 129 cm³/mol. The smallest absolute Gasteiger partial charge is 0.262 e. The quantitative estimate of drug-likeness (QED) is 0.437. The molecule has 1 N–H and O–H groups in total. The molecule has 31 heavy (non-hydrogen) atoms. The largest absolute Gasteiger partial charge is 0.302 e. The first-order valence-electron chi connectivity index (χ1n) is 10.3. The number of thiazole rings is 1. The van der Waals surface area contributed by atoms with Gasteiger partial charge in [0.1, 0.15) is 4.83 Å². The van der Waals surface area contributed by atoms with Gasteiger partial charge in [-0.2, -0.15) is 0 Å². The zero-order chi connectivity index (χ0) is 21.5. The number of aryl methyl sites for hydroxylation is 5. The van der Waals surface area contributed by atoms with Crippen LogP contribution >= 0.6 is 34.0 Å². The number of carbonyl (C=O) groups excluding carboxylic acids is 1. The van der Waals surface area contributed by atoms with E-state index in [2.05, 4.69) is 35.2 Å². The highest BCUT2D eigenvalue weighted by Gasteiger charge is 2.20. The van der Waals surface area contributed by atoms with Crippen LogP contribution in [-0.2, 0) is 24.2 Å². The van der Waals surface area contributed by atoms with Crippen LogP contribution in [0.1, 0.15) is 39.5 Å². The molecule has 0 radical (unpaired) electrons. The predicted octanol–water partition coefficient (Wildman–Crippen LogP) is 5.17. The summed E-state index contributed by atoms with van der Waals surface area (Å²) in [6, 6.07) is 2.12. The summed E-state index contributed by atoms with van der Waals surface area (Å²) in [7, 11) is 0. The molecule has 0 aromatic carbocycles. The Morgan fingerprint density at radius 1 is 1.23 bits per heavy atom. The van der Waals surface area contributed by atoms with E-state index in [0.29, 0.717) is 11.7 Å². The molecule has 0 atom stereocenters. The van der Waals surface area contributed by atoms with E-state index in [1.807, 2.05) is 5.38 Å². The number of hydrogen-bond acceptors (Lipinski definition) is 7. The molecule has 0 fully saturated rings. The summed E-state index contributed by atoms with van der Waals surface area (Å²) in [5.74, 6) is -0.154. The van der Waals surface area contributed by atoms with Crippen LogP contribution in [0, 0.1) is 13.8 Å². The van der Waals surface area contributed by atoms with Crippen molar-refractivity contribution in [1.29, 1.82) is 0 Å². The fourth-order valence-corrected chi connectivity index (χ4v) is 6.96. The lowest BCUT2D eigenvalue weighted by molar-refractivity contribution is -0.116. The fraction of sp³-hybridized carbons (Fsp3) is 0.364. The van der Waals surface area contributed by atoms with Crippen molar-refractivity contribution in [3.8, 4) is 11.3 Å². The second-order valence-corrected chi connectivity index (χ2v) is 11.2. The summed E-state index contributed by atoms with van der Waals surface area (Å²) >= 11 is 4.80. The maximum atomic E-state index is 13.0. The van der Waals surface area contributed by atoms with Gasteiger partial charge in [0, 0.05) is 38.5 Å². The third-order valence-electron chi connectivity index (χ3n) is 5.59. The molecule has 6 nitrogen and oxygen atoms in total. The van der Waals surface area contributed by atoms with Crippen molar-refractivity contribution >= 4 is 55.3 Å². The summed E-state index contributed by atoms with van der Waals surface area (Å²) in [6.07, 6.45) is 6.06. The van der Waals surface area contributed by atoms with E-state index < -0.39 is 0 Å². The Morgan fingerprint density at radius 2 is 2.06 bits per heavy atom. The zero-order valence-electron chi connectivity index (χ0n) is 17.4. The summed E-state index contributed by atoms with van der Waals surface area (Å²) in [5.41, 5.74) is 3.15. The van der Waals surface area contributed by atoms with Crippen molar-refractivity contribution in [2.24, 2.45) is 0 Å².